The van der Waals surface area contributed by atoms with Crippen molar-refractivity contribution >= 4 is 34.4 Å². The molecule has 218 valence electrons. The maximum Gasteiger partial charge on any atom is 0.348 e. The molecule has 43 heavy (non-hydrogen) atoms. The average molecular weight is 576 g/mol. The SMILES string of the molecule is Cc1c(NC(=O)c2ccc(-c3ccccc3)cc2)ccc2nc(NC(C)(C)C(=O)N(C)CCc3ccccn3)oc(=O)c12. The van der Waals surface area contributed by atoms with Crippen LogP contribution in [0.2, 0.25) is 0 Å². The fourth-order valence-corrected chi connectivity index (χ4v) is 4.88. The summed E-state index contributed by atoms with van der Waals surface area (Å²) in [4.78, 5) is 49.7. The molecule has 0 fully saturated rings. The second-order valence-electron chi connectivity index (χ2n) is 10.9. The minimum atomic E-state index is -1.10. The minimum absolute atomic E-state index is 0.0660. The molecule has 3 aromatic carbocycles. The van der Waals surface area contributed by atoms with Gasteiger partial charge in [-0.1, -0.05) is 48.5 Å². The fraction of sp³-hybridized carbons (Fsp3) is 0.206. The number of hydrogen-bond acceptors (Lipinski definition) is 7. The normalized spacial score (nSPS) is 11.3. The Morgan fingerprint density at radius 3 is 2.30 bits per heavy atom. The van der Waals surface area contributed by atoms with Crippen LogP contribution in [0.1, 0.15) is 35.5 Å². The molecule has 0 aliphatic rings. The third-order valence-corrected chi connectivity index (χ3v) is 7.29. The van der Waals surface area contributed by atoms with Crippen molar-refractivity contribution in [3.05, 3.63) is 118 Å². The molecule has 2 N–H and O–H groups in total. The molecule has 0 aliphatic heterocycles. The number of amides is 2. The zero-order valence-corrected chi connectivity index (χ0v) is 24.5. The Kier molecular flexibility index (Phi) is 8.34. The third kappa shape index (κ3) is 6.62. The largest absolute Gasteiger partial charge is 0.389 e. The molecule has 9 nitrogen and oxygen atoms in total. The maximum atomic E-state index is 13.2. The number of nitrogens with one attached hydrogen (secondary N) is 2. The second kappa shape index (κ2) is 12.3. The van der Waals surface area contributed by atoms with E-state index >= 15 is 0 Å². The maximum absolute atomic E-state index is 13.2. The van der Waals surface area contributed by atoms with Crippen LogP contribution in [0, 0.1) is 6.92 Å². The number of carbonyl (C=O) groups excluding carboxylic acids is 2. The number of hydrogen-bond donors (Lipinski definition) is 2. The molecule has 2 heterocycles. The molecule has 0 radical (unpaired) electrons. The molecule has 0 spiro atoms. The summed E-state index contributed by atoms with van der Waals surface area (Å²) >= 11 is 0. The molecule has 0 saturated heterocycles. The molecule has 2 amide bonds. The number of pyridine rings is 1. The Bertz CT molecular complexity index is 1820. The van der Waals surface area contributed by atoms with E-state index in [1.54, 1.807) is 63.2 Å². The third-order valence-electron chi connectivity index (χ3n) is 7.29. The van der Waals surface area contributed by atoms with Gasteiger partial charge in [-0.05, 0) is 73.9 Å². The van der Waals surface area contributed by atoms with Gasteiger partial charge in [0.25, 0.3) is 11.9 Å². The lowest BCUT2D eigenvalue weighted by atomic mass is 10.0. The van der Waals surface area contributed by atoms with E-state index in [2.05, 4.69) is 20.6 Å². The van der Waals surface area contributed by atoms with Crippen LogP contribution in [0.15, 0.2) is 100 Å². The van der Waals surface area contributed by atoms with E-state index in [9.17, 15) is 14.4 Å². The first-order valence-electron chi connectivity index (χ1n) is 14.0. The van der Waals surface area contributed by atoms with Gasteiger partial charge in [-0.3, -0.25) is 14.6 Å². The number of rotatable bonds is 9. The summed E-state index contributed by atoms with van der Waals surface area (Å²) in [6.45, 7) is 5.61. The van der Waals surface area contributed by atoms with E-state index in [0.29, 0.717) is 35.3 Å². The van der Waals surface area contributed by atoms with Crippen molar-refractivity contribution in [2.45, 2.75) is 32.7 Å². The Morgan fingerprint density at radius 2 is 1.60 bits per heavy atom. The zero-order chi connectivity index (χ0) is 30.6. The first-order valence-corrected chi connectivity index (χ1v) is 14.0. The number of aryl methyl sites for hydroxylation is 1. The van der Waals surface area contributed by atoms with E-state index < -0.39 is 11.2 Å². The van der Waals surface area contributed by atoms with Crippen LogP contribution in [0.5, 0.6) is 0 Å². The summed E-state index contributed by atoms with van der Waals surface area (Å²) in [6.07, 6.45) is 2.33. The molecular weight excluding hydrogens is 542 g/mol. The van der Waals surface area contributed by atoms with E-state index in [0.717, 1.165) is 16.8 Å². The summed E-state index contributed by atoms with van der Waals surface area (Å²) in [5.74, 6) is -0.496. The molecule has 0 unspecified atom stereocenters. The van der Waals surface area contributed by atoms with Crippen LogP contribution in [-0.2, 0) is 11.2 Å². The van der Waals surface area contributed by atoms with Gasteiger partial charge in [0.05, 0.1) is 10.9 Å². The Balaban J connectivity index is 1.29. The predicted molar refractivity (Wildman–Crippen MR) is 168 cm³/mol. The highest BCUT2D eigenvalue weighted by Crippen LogP contribution is 2.25. The molecule has 5 rings (SSSR count). The van der Waals surface area contributed by atoms with Crippen molar-refractivity contribution in [2.75, 3.05) is 24.2 Å². The van der Waals surface area contributed by atoms with Crippen molar-refractivity contribution in [3.63, 3.8) is 0 Å². The topological polar surface area (TPSA) is 117 Å². The molecule has 5 aromatic rings. The highest BCUT2D eigenvalue weighted by atomic mass is 16.4. The van der Waals surface area contributed by atoms with Crippen LogP contribution in [-0.4, -0.2) is 45.8 Å². The van der Waals surface area contributed by atoms with Gasteiger partial charge < -0.3 is 20.0 Å². The van der Waals surface area contributed by atoms with Gasteiger partial charge in [0.15, 0.2) is 0 Å². The summed E-state index contributed by atoms with van der Waals surface area (Å²) < 4.78 is 5.50. The lowest BCUT2D eigenvalue weighted by molar-refractivity contribution is -0.133. The number of benzene rings is 3. The Labute approximate surface area is 249 Å². The van der Waals surface area contributed by atoms with Crippen molar-refractivity contribution in [3.8, 4) is 11.1 Å². The monoisotopic (exact) mass is 575 g/mol. The summed E-state index contributed by atoms with van der Waals surface area (Å²) in [5.41, 5.74) is 3.11. The van der Waals surface area contributed by atoms with Crippen LogP contribution in [0.3, 0.4) is 0 Å². The summed E-state index contributed by atoms with van der Waals surface area (Å²) in [5, 5.41) is 6.12. The minimum Gasteiger partial charge on any atom is -0.389 e. The molecular formula is C34H33N5O4. The number of nitrogens with zero attached hydrogens (tertiary/aromatic N) is 3. The van der Waals surface area contributed by atoms with Crippen molar-refractivity contribution in [1.82, 2.24) is 14.9 Å². The molecule has 0 saturated carbocycles. The van der Waals surface area contributed by atoms with Gasteiger partial charge in [-0.2, -0.15) is 4.98 Å². The first-order chi connectivity index (χ1) is 20.6. The Morgan fingerprint density at radius 1 is 0.907 bits per heavy atom. The van der Waals surface area contributed by atoms with Crippen molar-refractivity contribution in [1.29, 1.82) is 0 Å². The number of likely N-dealkylation sites (N-methyl/N-ethyl adjacent to an activating group) is 1. The van der Waals surface area contributed by atoms with Crippen LogP contribution in [0.25, 0.3) is 22.0 Å². The molecule has 0 atom stereocenters. The van der Waals surface area contributed by atoms with Gasteiger partial charge in [0.2, 0.25) is 5.91 Å². The van der Waals surface area contributed by atoms with Gasteiger partial charge >= 0.3 is 5.63 Å². The highest BCUT2D eigenvalue weighted by Gasteiger charge is 2.32. The molecule has 2 aromatic heterocycles. The van der Waals surface area contributed by atoms with Crippen LogP contribution < -0.4 is 16.3 Å². The van der Waals surface area contributed by atoms with Crippen molar-refractivity contribution in [2.24, 2.45) is 0 Å². The lowest BCUT2D eigenvalue weighted by Crippen LogP contribution is -2.49. The number of aromatic nitrogens is 2. The predicted octanol–water partition coefficient (Wildman–Crippen LogP) is 5.70. The van der Waals surface area contributed by atoms with Gasteiger partial charge in [-0.15, -0.1) is 0 Å². The molecule has 9 heteroatoms. The molecule has 0 bridgehead atoms. The Hall–Kier alpha value is -5.31. The van der Waals surface area contributed by atoms with Crippen molar-refractivity contribution < 1.29 is 14.0 Å². The van der Waals surface area contributed by atoms with E-state index in [-0.39, 0.29) is 23.2 Å². The average Bonchev–Trinajstić information content (AvgIpc) is 3.01. The smallest absolute Gasteiger partial charge is 0.348 e. The van der Waals surface area contributed by atoms with Gasteiger partial charge in [-0.25, -0.2) is 4.79 Å². The number of carbonyl (C=O) groups is 2. The van der Waals surface area contributed by atoms with E-state index in [1.807, 2.05) is 60.7 Å². The number of anilines is 2. The second-order valence-corrected chi connectivity index (χ2v) is 10.9. The fourth-order valence-electron chi connectivity index (χ4n) is 4.88. The quantitative estimate of drug-likeness (QED) is 0.231. The van der Waals surface area contributed by atoms with Gasteiger partial charge in [0, 0.05) is 43.2 Å². The highest BCUT2D eigenvalue weighted by molar-refractivity contribution is 6.06. The lowest BCUT2D eigenvalue weighted by Gasteiger charge is -2.30. The summed E-state index contributed by atoms with van der Waals surface area (Å²) in [6, 6.07) is 26.2. The van der Waals surface area contributed by atoms with Gasteiger partial charge in [0.1, 0.15) is 5.54 Å². The van der Waals surface area contributed by atoms with Crippen LogP contribution >= 0.6 is 0 Å². The molecule has 0 aliphatic carbocycles. The zero-order valence-electron chi connectivity index (χ0n) is 24.5. The number of fused-ring (bicyclic) bond motifs is 1. The summed E-state index contributed by atoms with van der Waals surface area (Å²) in [7, 11) is 1.72. The van der Waals surface area contributed by atoms with Crippen LogP contribution in [0.4, 0.5) is 11.7 Å². The standard InChI is InChI=1S/C34H33N5O4/c1-22-27(36-30(40)25-15-13-24(14-16-25)23-10-6-5-7-11-23)17-18-28-29(22)31(41)43-33(37-28)38-34(2,3)32(42)39(4)21-19-26-12-8-9-20-35-26/h5-18,20H,19,21H2,1-4H3,(H,36,40)(H,37,38). The van der Waals surface area contributed by atoms with E-state index in [4.69, 9.17) is 4.42 Å². The first kappa shape index (κ1) is 29.2. The van der Waals surface area contributed by atoms with E-state index in [1.165, 1.54) is 0 Å².